The maximum atomic E-state index is 12.6. The average Bonchev–Trinajstić information content (AvgIpc) is 3.29. The summed E-state index contributed by atoms with van der Waals surface area (Å²) in [7, 11) is 3.09. The molecule has 1 heterocycles. The van der Waals surface area contributed by atoms with Crippen molar-refractivity contribution in [3.8, 4) is 40.0 Å². The van der Waals surface area contributed by atoms with Crippen LogP contribution in [0.2, 0.25) is 0 Å². The molecule has 0 bridgehead atoms. The molecule has 8 nitrogen and oxygen atoms in total. The molecule has 0 aliphatic rings. The van der Waals surface area contributed by atoms with Crippen molar-refractivity contribution in [2.24, 2.45) is 5.16 Å². The molecule has 1 amide bonds. The van der Waals surface area contributed by atoms with E-state index in [4.69, 9.17) is 18.7 Å². The Balaban J connectivity index is 1.51. The number of carbonyl (C=O) groups excluding carboxylic acids is 1. The maximum absolute atomic E-state index is 12.6. The second-order valence-corrected chi connectivity index (χ2v) is 7.52. The monoisotopic (exact) mass is 481 g/mol. The number of furan rings is 1. The molecule has 0 atom stereocenters. The molecule has 4 aromatic rings. The van der Waals surface area contributed by atoms with Crippen LogP contribution in [-0.2, 0) is 9.63 Å². The normalized spacial score (nSPS) is 10.6. The lowest BCUT2D eigenvalue weighted by molar-refractivity contribution is -0.120. The predicted molar refractivity (Wildman–Crippen MR) is 136 cm³/mol. The van der Waals surface area contributed by atoms with Gasteiger partial charge in [-0.2, -0.15) is 5.26 Å². The van der Waals surface area contributed by atoms with Gasteiger partial charge in [-0.05, 0) is 23.8 Å². The highest BCUT2D eigenvalue weighted by atomic mass is 16.6. The van der Waals surface area contributed by atoms with E-state index in [0.29, 0.717) is 28.4 Å². The molecule has 1 N–H and O–H groups in total. The highest BCUT2D eigenvalue weighted by molar-refractivity contribution is 5.96. The maximum Gasteiger partial charge on any atom is 0.267 e. The van der Waals surface area contributed by atoms with Crippen LogP contribution in [0.15, 0.2) is 88.4 Å². The number of benzene rings is 3. The van der Waals surface area contributed by atoms with Gasteiger partial charge in [-0.3, -0.25) is 10.1 Å². The number of ether oxygens (including phenoxy) is 2. The summed E-state index contributed by atoms with van der Waals surface area (Å²) >= 11 is 0. The van der Waals surface area contributed by atoms with Crippen molar-refractivity contribution < 1.29 is 23.5 Å². The zero-order valence-electron chi connectivity index (χ0n) is 19.7. The Kier molecular flexibility index (Phi) is 7.63. The fourth-order valence-corrected chi connectivity index (χ4v) is 3.59. The molecule has 3 aromatic carbocycles. The molecule has 4 rings (SSSR count). The molecule has 1 aromatic heterocycles. The van der Waals surface area contributed by atoms with Gasteiger partial charge in [-0.25, -0.2) is 0 Å². The van der Waals surface area contributed by atoms with Crippen LogP contribution in [0, 0.1) is 11.3 Å². The molecular weight excluding hydrogens is 458 g/mol. The number of oxime groups is 1. The minimum Gasteiger partial charge on any atom is -0.493 e. The van der Waals surface area contributed by atoms with Crippen molar-refractivity contribution >= 4 is 18.0 Å². The molecular formula is C28H23N3O5. The van der Waals surface area contributed by atoms with E-state index in [9.17, 15) is 10.1 Å². The number of hydrogen-bond donors (Lipinski definition) is 1. The van der Waals surface area contributed by atoms with Crippen LogP contribution in [0.3, 0.4) is 0 Å². The van der Waals surface area contributed by atoms with Crippen molar-refractivity contribution in [2.45, 2.75) is 0 Å². The fraction of sp³-hybridized carbons (Fsp3) is 0.107. The summed E-state index contributed by atoms with van der Waals surface area (Å²) in [4.78, 5) is 17.7. The largest absolute Gasteiger partial charge is 0.493 e. The lowest BCUT2D eigenvalue weighted by atomic mass is 9.98. The molecule has 0 aliphatic heterocycles. The number of carbonyl (C=O) groups is 1. The first-order valence-electron chi connectivity index (χ1n) is 11.0. The van der Waals surface area contributed by atoms with Crippen LogP contribution in [0.5, 0.6) is 11.5 Å². The van der Waals surface area contributed by atoms with E-state index in [1.54, 1.807) is 25.3 Å². The Morgan fingerprint density at radius 1 is 0.972 bits per heavy atom. The topological polar surface area (TPSA) is 106 Å². The number of rotatable bonds is 9. The summed E-state index contributed by atoms with van der Waals surface area (Å²) in [5.41, 5.74) is 3.11. The van der Waals surface area contributed by atoms with Crippen molar-refractivity contribution in [1.82, 2.24) is 0 Å². The minimum atomic E-state index is -0.524. The van der Waals surface area contributed by atoms with Gasteiger partial charge in [0.1, 0.15) is 17.4 Å². The number of methoxy groups -OCH3 is 2. The van der Waals surface area contributed by atoms with E-state index >= 15 is 0 Å². The number of nitrogens with one attached hydrogen (secondary N) is 1. The molecule has 8 heteroatoms. The molecule has 0 fully saturated rings. The summed E-state index contributed by atoms with van der Waals surface area (Å²) in [6.45, 7) is -0.378. The zero-order valence-corrected chi connectivity index (χ0v) is 19.7. The van der Waals surface area contributed by atoms with Crippen molar-refractivity contribution in [1.29, 1.82) is 5.26 Å². The molecule has 180 valence electrons. The van der Waals surface area contributed by atoms with Crippen LogP contribution >= 0.6 is 0 Å². The minimum absolute atomic E-state index is 0.0488. The second-order valence-electron chi connectivity index (χ2n) is 7.52. The van der Waals surface area contributed by atoms with Gasteiger partial charge in [0.15, 0.2) is 18.1 Å². The third-order valence-corrected chi connectivity index (χ3v) is 5.25. The van der Waals surface area contributed by atoms with Gasteiger partial charge < -0.3 is 18.7 Å². The number of nitriles is 1. The smallest absolute Gasteiger partial charge is 0.267 e. The van der Waals surface area contributed by atoms with E-state index in [1.165, 1.54) is 13.3 Å². The van der Waals surface area contributed by atoms with E-state index in [-0.39, 0.29) is 18.1 Å². The van der Waals surface area contributed by atoms with Gasteiger partial charge in [0, 0.05) is 16.7 Å². The van der Waals surface area contributed by atoms with Crippen LogP contribution in [0.25, 0.3) is 22.5 Å². The Morgan fingerprint density at radius 2 is 1.64 bits per heavy atom. The van der Waals surface area contributed by atoms with Crippen LogP contribution in [-0.4, -0.2) is 32.9 Å². The number of nitrogens with zero attached hydrogens (tertiary/aromatic N) is 2. The summed E-state index contributed by atoms with van der Waals surface area (Å²) in [5.74, 6) is 1.15. The number of hydrogen-bond acceptors (Lipinski definition) is 7. The zero-order chi connectivity index (χ0) is 25.3. The fourth-order valence-electron chi connectivity index (χ4n) is 3.59. The highest BCUT2D eigenvalue weighted by Gasteiger charge is 2.24. The molecule has 0 aliphatic carbocycles. The number of amides is 1. The van der Waals surface area contributed by atoms with Crippen molar-refractivity contribution in [3.05, 3.63) is 90.0 Å². The van der Waals surface area contributed by atoms with Gasteiger partial charge in [0.2, 0.25) is 5.88 Å². The quantitative estimate of drug-likeness (QED) is 0.250. The molecule has 0 spiro atoms. The lowest BCUT2D eigenvalue weighted by Crippen LogP contribution is -2.17. The average molecular weight is 482 g/mol. The van der Waals surface area contributed by atoms with Gasteiger partial charge in [-0.1, -0.05) is 65.8 Å². The molecule has 0 saturated heterocycles. The predicted octanol–water partition coefficient (Wildman–Crippen LogP) is 5.49. The summed E-state index contributed by atoms with van der Waals surface area (Å²) in [6, 6.07) is 26.2. The van der Waals surface area contributed by atoms with E-state index in [2.05, 4.69) is 16.5 Å². The molecule has 0 radical (unpaired) electrons. The van der Waals surface area contributed by atoms with Crippen LogP contribution < -0.4 is 14.8 Å². The first-order valence-corrected chi connectivity index (χ1v) is 11.0. The van der Waals surface area contributed by atoms with Crippen LogP contribution in [0.1, 0.15) is 11.1 Å². The summed E-state index contributed by atoms with van der Waals surface area (Å²) in [5, 5.41) is 16.4. The Hall–Kier alpha value is -5.03. The standard InChI is InChI=1S/C28H23N3O5/c1-33-23-14-13-19(15-24(23)34-2)17-30-35-18-25(32)31-28-22(16-29)26(20-9-5-3-6-10-20)27(36-28)21-11-7-4-8-12-21/h3-15,17H,18H2,1-2H3,(H,31,32). The summed E-state index contributed by atoms with van der Waals surface area (Å²) in [6.07, 6.45) is 1.45. The Bertz CT molecular complexity index is 1410. The summed E-state index contributed by atoms with van der Waals surface area (Å²) < 4.78 is 16.5. The van der Waals surface area contributed by atoms with Crippen LogP contribution in [0.4, 0.5) is 5.88 Å². The van der Waals surface area contributed by atoms with Crippen molar-refractivity contribution in [3.63, 3.8) is 0 Å². The van der Waals surface area contributed by atoms with E-state index < -0.39 is 5.91 Å². The first kappa shape index (κ1) is 24.1. The second kappa shape index (κ2) is 11.4. The van der Waals surface area contributed by atoms with Gasteiger partial charge in [0.25, 0.3) is 5.91 Å². The van der Waals surface area contributed by atoms with Gasteiger partial charge >= 0.3 is 0 Å². The van der Waals surface area contributed by atoms with Crippen molar-refractivity contribution in [2.75, 3.05) is 26.1 Å². The molecule has 36 heavy (non-hydrogen) atoms. The Labute approximate surface area is 208 Å². The molecule has 0 unspecified atom stereocenters. The third kappa shape index (κ3) is 5.37. The number of anilines is 1. The first-order chi connectivity index (χ1) is 17.6. The SMILES string of the molecule is COc1ccc(C=NOCC(=O)Nc2oc(-c3ccccc3)c(-c3ccccc3)c2C#N)cc1OC. The Morgan fingerprint density at radius 3 is 2.28 bits per heavy atom. The van der Waals surface area contributed by atoms with Gasteiger partial charge in [0.05, 0.1) is 20.4 Å². The molecule has 0 saturated carbocycles. The third-order valence-electron chi connectivity index (χ3n) is 5.25. The van der Waals surface area contributed by atoms with Gasteiger partial charge in [-0.15, -0.1) is 0 Å². The van der Waals surface area contributed by atoms with E-state index in [1.807, 2.05) is 60.7 Å². The highest BCUT2D eigenvalue weighted by Crippen LogP contribution is 2.41. The lowest BCUT2D eigenvalue weighted by Gasteiger charge is -2.07. The van der Waals surface area contributed by atoms with E-state index in [0.717, 1.165) is 11.1 Å².